The van der Waals surface area contributed by atoms with E-state index in [1.54, 1.807) is 0 Å². The molecule has 1 N–H and O–H groups in total. The van der Waals surface area contributed by atoms with Crippen molar-refractivity contribution in [1.29, 1.82) is 0 Å². The number of aliphatic hydroxyl groups is 1. The minimum Gasteiger partial charge on any atom is -0.491 e. The minimum atomic E-state index is -0.641. The summed E-state index contributed by atoms with van der Waals surface area (Å²) in [7, 11) is 0. The number of para-hydroxylation sites is 3. The van der Waals surface area contributed by atoms with Crippen LogP contribution in [0.15, 0.2) is 48.5 Å². The molecule has 0 radical (unpaired) electrons. The van der Waals surface area contributed by atoms with Crippen molar-refractivity contribution in [1.82, 2.24) is 9.55 Å². The van der Waals surface area contributed by atoms with Crippen LogP contribution in [0.25, 0.3) is 11.0 Å². The highest BCUT2D eigenvalue weighted by Crippen LogP contribution is 2.31. The summed E-state index contributed by atoms with van der Waals surface area (Å²) >= 11 is 0. The summed E-state index contributed by atoms with van der Waals surface area (Å²) < 4.78 is 13.9. The average Bonchev–Trinajstić information content (AvgIpc) is 3.35. The molecule has 1 saturated heterocycles. The van der Waals surface area contributed by atoms with Crippen molar-refractivity contribution >= 4 is 11.0 Å². The van der Waals surface area contributed by atoms with Crippen molar-refractivity contribution in [2.75, 3.05) is 13.2 Å². The Labute approximate surface area is 165 Å². The molecule has 1 fully saturated rings. The van der Waals surface area contributed by atoms with Gasteiger partial charge in [-0.15, -0.1) is 0 Å². The highest BCUT2D eigenvalue weighted by molar-refractivity contribution is 5.76. The van der Waals surface area contributed by atoms with Crippen LogP contribution in [0.5, 0.6) is 5.75 Å². The zero-order valence-electron chi connectivity index (χ0n) is 16.5. The summed E-state index contributed by atoms with van der Waals surface area (Å²) in [6, 6.07) is 16.1. The van der Waals surface area contributed by atoms with Crippen LogP contribution in [0.4, 0.5) is 0 Å². The Morgan fingerprint density at radius 2 is 1.96 bits per heavy atom. The summed E-state index contributed by atoms with van der Waals surface area (Å²) in [5, 5.41) is 10.7. The van der Waals surface area contributed by atoms with Crippen LogP contribution in [-0.4, -0.2) is 34.0 Å². The number of nitrogens with zero attached hydrogens (tertiary/aromatic N) is 2. The lowest BCUT2D eigenvalue weighted by Gasteiger charge is -2.19. The third-order valence-corrected chi connectivity index (χ3v) is 5.27. The summed E-state index contributed by atoms with van der Waals surface area (Å²) in [5.41, 5.74) is 3.11. The summed E-state index contributed by atoms with van der Waals surface area (Å²) in [6.45, 7) is 5.72. The Morgan fingerprint density at radius 1 is 1.18 bits per heavy atom. The molecule has 1 aromatic heterocycles. The molecule has 2 unspecified atom stereocenters. The molecule has 2 aromatic carbocycles. The second kappa shape index (κ2) is 8.33. The van der Waals surface area contributed by atoms with Crippen molar-refractivity contribution in [3.05, 3.63) is 59.9 Å². The van der Waals surface area contributed by atoms with Gasteiger partial charge in [-0.2, -0.15) is 0 Å². The van der Waals surface area contributed by atoms with Crippen molar-refractivity contribution in [3.8, 4) is 5.75 Å². The van der Waals surface area contributed by atoms with Gasteiger partial charge >= 0.3 is 0 Å². The van der Waals surface area contributed by atoms with Gasteiger partial charge in [0.15, 0.2) is 0 Å². The number of aromatic nitrogens is 2. The fraction of sp³-hybridized carbons (Fsp3) is 0.435. The van der Waals surface area contributed by atoms with E-state index in [1.807, 2.05) is 42.5 Å². The molecule has 3 aromatic rings. The molecule has 1 aliphatic heterocycles. The number of imidazole rings is 1. The lowest BCUT2D eigenvalue weighted by atomic mass is 10.0. The first kappa shape index (κ1) is 19.0. The Balaban J connectivity index is 1.52. The number of ether oxygens (including phenoxy) is 2. The quantitative estimate of drug-likeness (QED) is 0.658. The van der Waals surface area contributed by atoms with Gasteiger partial charge in [-0.25, -0.2) is 4.98 Å². The number of fused-ring (bicyclic) bond motifs is 1. The van der Waals surface area contributed by atoms with Crippen LogP contribution in [0, 0.1) is 0 Å². The number of aliphatic hydroxyl groups excluding tert-OH is 1. The molecule has 0 amide bonds. The first-order chi connectivity index (χ1) is 13.6. The van der Waals surface area contributed by atoms with Crippen LogP contribution in [-0.2, 0) is 11.3 Å². The van der Waals surface area contributed by atoms with Crippen molar-refractivity contribution in [3.63, 3.8) is 0 Å². The maximum atomic E-state index is 10.7. The van der Waals surface area contributed by atoms with Crippen LogP contribution in [0.1, 0.15) is 50.1 Å². The van der Waals surface area contributed by atoms with E-state index in [0.717, 1.165) is 47.6 Å². The maximum Gasteiger partial charge on any atom is 0.139 e. The Morgan fingerprint density at radius 3 is 2.75 bits per heavy atom. The SMILES string of the molecule is CC(C)c1ccccc1OCC(O)Cn1c(C2CCCO2)nc2ccccc21. The predicted octanol–water partition coefficient (Wildman–Crippen LogP) is 4.45. The Hall–Kier alpha value is -2.37. The van der Waals surface area contributed by atoms with Gasteiger partial charge in [0.25, 0.3) is 0 Å². The monoisotopic (exact) mass is 380 g/mol. The molecule has 4 rings (SSSR count). The lowest BCUT2D eigenvalue weighted by molar-refractivity contribution is 0.0802. The lowest BCUT2D eigenvalue weighted by Crippen LogP contribution is -2.25. The third kappa shape index (κ3) is 3.91. The van der Waals surface area contributed by atoms with Crippen molar-refractivity contribution < 1.29 is 14.6 Å². The van der Waals surface area contributed by atoms with E-state index in [1.165, 1.54) is 0 Å². The van der Waals surface area contributed by atoms with E-state index in [2.05, 4.69) is 24.5 Å². The van der Waals surface area contributed by atoms with E-state index in [9.17, 15) is 5.11 Å². The van der Waals surface area contributed by atoms with Gasteiger partial charge in [0.05, 0.1) is 17.6 Å². The Bertz CT molecular complexity index is 928. The molecule has 2 atom stereocenters. The molecule has 28 heavy (non-hydrogen) atoms. The molecular weight excluding hydrogens is 352 g/mol. The molecule has 0 spiro atoms. The summed E-state index contributed by atoms with van der Waals surface area (Å²) in [5.74, 6) is 2.11. The second-order valence-electron chi connectivity index (χ2n) is 7.73. The first-order valence-electron chi connectivity index (χ1n) is 10.1. The Kier molecular flexibility index (Phi) is 5.64. The zero-order valence-corrected chi connectivity index (χ0v) is 16.5. The second-order valence-corrected chi connectivity index (χ2v) is 7.73. The number of rotatable bonds is 7. The molecule has 2 heterocycles. The van der Waals surface area contributed by atoms with Gasteiger partial charge in [-0.05, 0) is 42.5 Å². The summed E-state index contributed by atoms with van der Waals surface area (Å²) in [4.78, 5) is 4.79. The van der Waals surface area contributed by atoms with Crippen LogP contribution >= 0.6 is 0 Å². The molecular formula is C23H28N2O3. The fourth-order valence-electron chi connectivity index (χ4n) is 3.85. The van der Waals surface area contributed by atoms with Crippen LogP contribution in [0.3, 0.4) is 0 Å². The molecule has 148 valence electrons. The first-order valence-corrected chi connectivity index (χ1v) is 10.1. The smallest absolute Gasteiger partial charge is 0.139 e. The maximum absolute atomic E-state index is 10.7. The number of hydrogen-bond donors (Lipinski definition) is 1. The van der Waals surface area contributed by atoms with E-state index < -0.39 is 6.10 Å². The van der Waals surface area contributed by atoms with Gasteiger partial charge in [0.1, 0.15) is 30.4 Å². The molecule has 5 heteroatoms. The van der Waals surface area contributed by atoms with E-state index >= 15 is 0 Å². The van der Waals surface area contributed by atoms with Gasteiger partial charge in [0.2, 0.25) is 0 Å². The standard InChI is InChI=1S/C23H28N2O3/c1-16(2)18-8-3-6-11-21(18)28-15-17(26)14-25-20-10-5-4-9-19(20)24-23(25)22-12-7-13-27-22/h3-6,8-11,16-17,22,26H,7,12-15H2,1-2H3. The number of hydrogen-bond acceptors (Lipinski definition) is 4. The largest absolute Gasteiger partial charge is 0.491 e. The van der Waals surface area contributed by atoms with Gasteiger partial charge in [-0.1, -0.05) is 44.2 Å². The van der Waals surface area contributed by atoms with Gasteiger partial charge in [0, 0.05) is 6.61 Å². The van der Waals surface area contributed by atoms with Crippen LogP contribution in [0.2, 0.25) is 0 Å². The van der Waals surface area contributed by atoms with Crippen LogP contribution < -0.4 is 4.74 Å². The predicted molar refractivity (Wildman–Crippen MR) is 110 cm³/mol. The van der Waals surface area contributed by atoms with Crippen molar-refractivity contribution in [2.45, 2.75) is 51.4 Å². The van der Waals surface area contributed by atoms with E-state index in [-0.39, 0.29) is 12.7 Å². The molecule has 1 aliphatic rings. The minimum absolute atomic E-state index is 0.00202. The molecule has 5 nitrogen and oxygen atoms in total. The summed E-state index contributed by atoms with van der Waals surface area (Å²) in [6.07, 6.45) is 1.38. The topological polar surface area (TPSA) is 56.5 Å². The molecule has 0 aliphatic carbocycles. The highest BCUT2D eigenvalue weighted by Gasteiger charge is 2.25. The number of benzene rings is 2. The fourth-order valence-corrected chi connectivity index (χ4v) is 3.85. The van der Waals surface area contributed by atoms with E-state index in [4.69, 9.17) is 14.5 Å². The average molecular weight is 380 g/mol. The zero-order chi connectivity index (χ0) is 19.5. The highest BCUT2D eigenvalue weighted by atomic mass is 16.5. The van der Waals surface area contributed by atoms with Crippen molar-refractivity contribution in [2.24, 2.45) is 0 Å². The van der Waals surface area contributed by atoms with E-state index in [0.29, 0.717) is 12.5 Å². The van der Waals surface area contributed by atoms with Gasteiger partial charge < -0.3 is 19.1 Å². The van der Waals surface area contributed by atoms with Gasteiger partial charge in [-0.3, -0.25) is 0 Å². The third-order valence-electron chi connectivity index (χ3n) is 5.27. The molecule has 0 saturated carbocycles. The normalized spacial score (nSPS) is 18.1. The molecule has 0 bridgehead atoms.